The van der Waals surface area contributed by atoms with Crippen LogP contribution in [-0.2, 0) is 0 Å². The Bertz CT molecular complexity index is 446. The maximum absolute atomic E-state index is 5.99. The highest BCUT2D eigenvalue weighted by molar-refractivity contribution is 6.30. The third-order valence-corrected chi connectivity index (χ3v) is 2.38. The van der Waals surface area contributed by atoms with Gasteiger partial charge in [0.15, 0.2) is 0 Å². The molecule has 2 rings (SSSR count). The smallest absolute Gasteiger partial charge is 0.133 e. The van der Waals surface area contributed by atoms with E-state index in [1.165, 1.54) is 0 Å². The standard InChI is InChI=1S/C10H8Cl2N2/c1-7-6-10(12)14(13-7)9-4-2-8(11)3-5-9/h2-6H,1H3. The molecule has 0 spiro atoms. The minimum atomic E-state index is 0.602. The molecule has 1 aromatic heterocycles. The summed E-state index contributed by atoms with van der Waals surface area (Å²) in [5.41, 5.74) is 1.80. The minimum absolute atomic E-state index is 0.602. The highest BCUT2D eigenvalue weighted by atomic mass is 35.5. The molecule has 0 fully saturated rings. The topological polar surface area (TPSA) is 17.8 Å². The number of hydrogen-bond donors (Lipinski definition) is 0. The lowest BCUT2D eigenvalue weighted by molar-refractivity contribution is 0.863. The van der Waals surface area contributed by atoms with Crippen LogP contribution in [0.25, 0.3) is 5.69 Å². The van der Waals surface area contributed by atoms with Gasteiger partial charge in [0.25, 0.3) is 0 Å². The average Bonchev–Trinajstić information content (AvgIpc) is 2.47. The zero-order chi connectivity index (χ0) is 10.1. The molecule has 0 aliphatic heterocycles. The SMILES string of the molecule is Cc1cc(Cl)n(-c2ccc(Cl)cc2)n1. The van der Waals surface area contributed by atoms with E-state index in [-0.39, 0.29) is 0 Å². The summed E-state index contributed by atoms with van der Waals surface area (Å²) >= 11 is 11.8. The van der Waals surface area contributed by atoms with Crippen LogP contribution in [0.1, 0.15) is 5.69 Å². The van der Waals surface area contributed by atoms with Crippen LogP contribution in [-0.4, -0.2) is 9.78 Å². The Morgan fingerprint density at radius 1 is 1.14 bits per heavy atom. The predicted molar refractivity (Wildman–Crippen MR) is 58.3 cm³/mol. The van der Waals surface area contributed by atoms with Crippen LogP contribution in [0.3, 0.4) is 0 Å². The van der Waals surface area contributed by atoms with Gasteiger partial charge in [-0.15, -0.1) is 0 Å². The second kappa shape index (κ2) is 3.64. The molecule has 0 radical (unpaired) electrons. The summed E-state index contributed by atoms with van der Waals surface area (Å²) in [5.74, 6) is 0. The molecule has 0 amide bonds. The van der Waals surface area contributed by atoms with Crippen LogP contribution in [0.5, 0.6) is 0 Å². The summed E-state index contributed by atoms with van der Waals surface area (Å²) in [7, 11) is 0. The number of hydrogen-bond acceptors (Lipinski definition) is 1. The number of halogens is 2. The lowest BCUT2D eigenvalue weighted by Gasteiger charge is -2.02. The summed E-state index contributed by atoms with van der Waals surface area (Å²) in [6.45, 7) is 1.90. The second-order valence-electron chi connectivity index (χ2n) is 3.00. The Morgan fingerprint density at radius 2 is 1.79 bits per heavy atom. The van der Waals surface area contributed by atoms with Crippen molar-refractivity contribution in [2.24, 2.45) is 0 Å². The molecular formula is C10H8Cl2N2. The molecule has 72 valence electrons. The summed E-state index contributed by atoms with van der Waals surface area (Å²) < 4.78 is 1.67. The monoisotopic (exact) mass is 226 g/mol. The van der Waals surface area contributed by atoms with E-state index in [1.54, 1.807) is 4.68 Å². The van der Waals surface area contributed by atoms with E-state index in [4.69, 9.17) is 23.2 Å². The van der Waals surface area contributed by atoms with Gasteiger partial charge in [-0.1, -0.05) is 23.2 Å². The van der Waals surface area contributed by atoms with Crippen LogP contribution < -0.4 is 0 Å². The Hall–Kier alpha value is -0.990. The molecule has 0 saturated carbocycles. The molecule has 14 heavy (non-hydrogen) atoms. The van der Waals surface area contributed by atoms with Crippen molar-refractivity contribution in [3.63, 3.8) is 0 Å². The van der Waals surface area contributed by atoms with Gasteiger partial charge in [-0.3, -0.25) is 0 Å². The first-order valence-electron chi connectivity index (χ1n) is 4.15. The van der Waals surface area contributed by atoms with Gasteiger partial charge in [-0.25, -0.2) is 4.68 Å². The molecule has 1 aromatic carbocycles. The van der Waals surface area contributed by atoms with Crippen LogP contribution in [0, 0.1) is 6.92 Å². The molecule has 1 heterocycles. The molecule has 0 N–H and O–H groups in total. The van der Waals surface area contributed by atoms with Crippen molar-refractivity contribution in [2.45, 2.75) is 6.92 Å². The maximum atomic E-state index is 5.99. The van der Waals surface area contributed by atoms with Crippen molar-refractivity contribution < 1.29 is 0 Å². The fourth-order valence-corrected chi connectivity index (χ4v) is 1.65. The zero-order valence-corrected chi connectivity index (χ0v) is 9.05. The van der Waals surface area contributed by atoms with E-state index < -0.39 is 0 Å². The van der Waals surface area contributed by atoms with Gasteiger partial charge in [0.1, 0.15) is 5.15 Å². The molecule has 0 bridgehead atoms. The summed E-state index contributed by atoms with van der Waals surface area (Å²) in [6, 6.07) is 9.19. The third-order valence-electron chi connectivity index (χ3n) is 1.86. The number of aryl methyl sites for hydroxylation is 1. The molecular weight excluding hydrogens is 219 g/mol. The van der Waals surface area contributed by atoms with Crippen LogP contribution in [0.2, 0.25) is 10.2 Å². The summed E-state index contributed by atoms with van der Waals surface area (Å²) in [4.78, 5) is 0. The minimum Gasteiger partial charge on any atom is -0.222 e. The van der Waals surface area contributed by atoms with Crippen LogP contribution >= 0.6 is 23.2 Å². The van der Waals surface area contributed by atoms with Gasteiger partial charge in [0.05, 0.1) is 11.4 Å². The van der Waals surface area contributed by atoms with Gasteiger partial charge in [0, 0.05) is 5.02 Å². The van der Waals surface area contributed by atoms with E-state index in [2.05, 4.69) is 5.10 Å². The molecule has 0 unspecified atom stereocenters. The molecule has 2 aromatic rings. The lowest BCUT2D eigenvalue weighted by atomic mass is 10.3. The Balaban J connectivity index is 2.49. The predicted octanol–water partition coefficient (Wildman–Crippen LogP) is 3.49. The fourth-order valence-electron chi connectivity index (χ4n) is 1.23. The van der Waals surface area contributed by atoms with Crippen LogP contribution in [0.15, 0.2) is 30.3 Å². The van der Waals surface area contributed by atoms with Gasteiger partial charge >= 0.3 is 0 Å². The first-order chi connectivity index (χ1) is 6.66. The van der Waals surface area contributed by atoms with Crippen LogP contribution in [0.4, 0.5) is 0 Å². The number of nitrogens with zero attached hydrogens (tertiary/aromatic N) is 2. The second-order valence-corrected chi connectivity index (χ2v) is 3.82. The lowest BCUT2D eigenvalue weighted by Crippen LogP contribution is -1.95. The highest BCUT2D eigenvalue weighted by Gasteiger charge is 2.04. The van der Waals surface area contributed by atoms with E-state index in [1.807, 2.05) is 37.3 Å². The summed E-state index contributed by atoms with van der Waals surface area (Å²) in [6.07, 6.45) is 0. The van der Waals surface area contributed by atoms with Crippen molar-refractivity contribution in [1.29, 1.82) is 0 Å². The third kappa shape index (κ3) is 1.76. The van der Waals surface area contributed by atoms with E-state index in [9.17, 15) is 0 Å². The van der Waals surface area contributed by atoms with Gasteiger partial charge in [-0.05, 0) is 37.3 Å². The van der Waals surface area contributed by atoms with E-state index in [0.29, 0.717) is 10.2 Å². The van der Waals surface area contributed by atoms with Crippen molar-refractivity contribution in [2.75, 3.05) is 0 Å². The summed E-state index contributed by atoms with van der Waals surface area (Å²) in [5, 5.41) is 5.56. The molecule has 0 saturated heterocycles. The first kappa shape index (κ1) is 9.56. The van der Waals surface area contributed by atoms with E-state index >= 15 is 0 Å². The quantitative estimate of drug-likeness (QED) is 0.729. The number of aromatic nitrogens is 2. The Kier molecular flexibility index (Phi) is 2.48. The van der Waals surface area contributed by atoms with Crippen molar-refractivity contribution >= 4 is 23.2 Å². The van der Waals surface area contributed by atoms with Gasteiger partial charge in [0.2, 0.25) is 0 Å². The van der Waals surface area contributed by atoms with Gasteiger partial charge in [-0.2, -0.15) is 5.10 Å². The first-order valence-corrected chi connectivity index (χ1v) is 4.90. The van der Waals surface area contributed by atoms with E-state index in [0.717, 1.165) is 11.4 Å². The van der Waals surface area contributed by atoms with Gasteiger partial charge < -0.3 is 0 Å². The highest BCUT2D eigenvalue weighted by Crippen LogP contribution is 2.18. The van der Waals surface area contributed by atoms with Crippen molar-refractivity contribution in [1.82, 2.24) is 9.78 Å². The molecule has 0 aliphatic carbocycles. The molecule has 0 aliphatic rings. The Labute approximate surface area is 92.1 Å². The molecule has 2 nitrogen and oxygen atoms in total. The molecule has 0 atom stereocenters. The number of rotatable bonds is 1. The number of benzene rings is 1. The zero-order valence-electron chi connectivity index (χ0n) is 7.54. The normalized spacial score (nSPS) is 10.5. The fraction of sp³-hybridized carbons (Fsp3) is 0.100. The molecule has 4 heteroatoms. The largest absolute Gasteiger partial charge is 0.222 e. The average molecular weight is 227 g/mol. The van der Waals surface area contributed by atoms with Crippen molar-refractivity contribution in [3.05, 3.63) is 46.2 Å². The Morgan fingerprint density at radius 3 is 2.29 bits per heavy atom. The maximum Gasteiger partial charge on any atom is 0.133 e. The van der Waals surface area contributed by atoms with Crippen molar-refractivity contribution in [3.8, 4) is 5.69 Å².